The van der Waals surface area contributed by atoms with Crippen LogP contribution in [0.1, 0.15) is 16.7 Å². The highest BCUT2D eigenvalue weighted by Gasteiger charge is 2.05. The topological polar surface area (TPSA) is 24.5 Å². The highest BCUT2D eigenvalue weighted by atomic mass is 19.1. The largest absolute Gasteiger partial charge is 0.496 e. The van der Waals surface area contributed by atoms with Gasteiger partial charge < -0.3 is 15.0 Å². The van der Waals surface area contributed by atoms with Crippen LogP contribution in [0.25, 0.3) is 0 Å². The number of hydrogen-bond donors (Lipinski definition) is 1. The third-order valence-electron chi connectivity index (χ3n) is 3.41. The van der Waals surface area contributed by atoms with Gasteiger partial charge in [0, 0.05) is 25.2 Å². The number of ether oxygens (including phenoxy) is 1. The molecule has 118 valence electrons. The Labute approximate surface area is 131 Å². The summed E-state index contributed by atoms with van der Waals surface area (Å²) in [5, 5.41) is 3.36. The maximum absolute atomic E-state index is 12.9. The standard InChI is InChI=1S/C18H23FN2O/c1-21(2)13-15-4-7-16(18(10-15)22-3)12-20-11-14-5-8-17(19)9-6-14/h4-10,20H,11-13H2,1-3H3. The Morgan fingerprint density at radius 1 is 1.00 bits per heavy atom. The van der Waals surface area contributed by atoms with Crippen molar-refractivity contribution in [3.63, 3.8) is 0 Å². The summed E-state index contributed by atoms with van der Waals surface area (Å²) in [7, 11) is 5.79. The summed E-state index contributed by atoms with van der Waals surface area (Å²) in [6.45, 7) is 2.30. The fourth-order valence-corrected chi connectivity index (χ4v) is 2.34. The van der Waals surface area contributed by atoms with E-state index >= 15 is 0 Å². The normalized spacial score (nSPS) is 11.0. The maximum Gasteiger partial charge on any atom is 0.123 e. The predicted molar refractivity (Wildman–Crippen MR) is 87.3 cm³/mol. The molecule has 1 N–H and O–H groups in total. The van der Waals surface area contributed by atoms with Crippen LogP contribution in [0.2, 0.25) is 0 Å². The fraction of sp³-hybridized carbons (Fsp3) is 0.333. The number of benzene rings is 2. The Hall–Kier alpha value is -1.91. The second-order valence-corrected chi connectivity index (χ2v) is 5.61. The minimum Gasteiger partial charge on any atom is -0.496 e. The van der Waals surface area contributed by atoms with Gasteiger partial charge in [0.1, 0.15) is 11.6 Å². The van der Waals surface area contributed by atoms with E-state index < -0.39 is 0 Å². The van der Waals surface area contributed by atoms with Crippen molar-refractivity contribution in [1.82, 2.24) is 10.2 Å². The molecule has 0 unspecified atom stereocenters. The molecule has 2 rings (SSSR count). The number of nitrogens with zero attached hydrogens (tertiary/aromatic N) is 1. The van der Waals surface area contributed by atoms with E-state index in [0.29, 0.717) is 13.1 Å². The molecule has 0 heterocycles. The summed E-state index contributed by atoms with van der Waals surface area (Å²) in [4.78, 5) is 2.13. The molecule has 0 spiro atoms. The molecule has 0 saturated heterocycles. The molecular weight excluding hydrogens is 279 g/mol. The van der Waals surface area contributed by atoms with Crippen molar-refractivity contribution in [2.24, 2.45) is 0 Å². The van der Waals surface area contributed by atoms with Gasteiger partial charge in [-0.3, -0.25) is 0 Å². The van der Waals surface area contributed by atoms with Crippen LogP contribution in [0.4, 0.5) is 4.39 Å². The number of rotatable bonds is 7. The Morgan fingerprint density at radius 2 is 1.68 bits per heavy atom. The Balaban J connectivity index is 1.95. The first-order valence-corrected chi connectivity index (χ1v) is 7.34. The summed E-state index contributed by atoms with van der Waals surface area (Å²) in [6, 6.07) is 12.8. The first-order chi connectivity index (χ1) is 10.6. The van der Waals surface area contributed by atoms with Gasteiger partial charge in [-0.05, 0) is 43.4 Å². The summed E-state index contributed by atoms with van der Waals surface area (Å²) in [5.74, 6) is 0.688. The van der Waals surface area contributed by atoms with E-state index in [1.807, 2.05) is 14.1 Å². The van der Waals surface area contributed by atoms with E-state index in [9.17, 15) is 4.39 Å². The third kappa shape index (κ3) is 4.83. The van der Waals surface area contributed by atoms with Gasteiger partial charge in [0.05, 0.1) is 7.11 Å². The molecule has 0 amide bonds. The average molecular weight is 302 g/mol. The molecule has 0 aromatic heterocycles. The van der Waals surface area contributed by atoms with Crippen molar-refractivity contribution < 1.29 is 9.13 Å². The monoisotopic (exact) mass is 302 g/mol. The Bertz CT molecular complexity index is 597. The summed E-state index contributed by atoms with van der Waals surface area (Å²) >= 11 is 0. The highest BCUT2D eigenvalue weighted by molar-refractivity contribution is 5.37. The van der Waals surface area contributed by atoms with Crippen molar-refractivity contribution in [2.45, 2.75) is 19.6 Å². The number of nitrogens with one attached hydrogen (secondary N) is 1. The van der Waals surface area contributed by atoms with Crippen LogP contribution in [-0.4, -0.2) is 26.1 Å². The lowest BCUT2D eigenvalue weighted by molar-refractivity contribution is 0.392. The van der Waals surface area contributed by atoms with E-state index in [0.717, 1.165) is 23.4 Å². The summed E-state index contributed by atoms with van der Waals surface area (Å²) in [6.07, 6.45) is 0. The van der Waals surface area contributed by atoms with Gasteiger partial charge in [0.25, 0.3) is 0 Å². The van der Waals surface area contributed by atoms with Crippen LogP contribution in [0.15, 0.2) is 42.5 Å². The second-order valence-electron chi connectivity index (χ2n) is 5.61. The molecule has 3 nitrogen and oxygen atoms in total. The highest BCUT2D eigenvalue weighted by Crippen LogP contribution is 2.21. The lowest BCUT2D eigenvalue weighted by atomic mass is 10.1. The van der Waals surface area contributed by atoms with Gasteiger partial charge in [-0.15, -0.1) is 0 Å². The minimum absolute atomic E-state index is 0.207. The van der Waals surface area contributed by atoms with Crippen molar-refractivity contribution >= 4 is 0 Å². The maximum atomic E-state index is 12.9. The first-order valence-electron chi connectivity index (χ1n) is 7.34. The smallest absolute Gasteiger partial charge is 0.123 e. The molecule has 2 aromatic rings. The summed E-state index contributed by atoms with van der Waals surface area (Å²) in [5.41, 5.74) is 3.40. The lowest BCUT2D eigenvalue weighted by Crippen LogP contribution is -2.14. The molecule has 0 fully saturated rings. The molecule has 0 aliphatic heterocycles. The van der Waals surface area contributed by atoms with Gasteiger partial charge in [0.15, 0.2) is 0 Å². The van der Waals surface area contributed by atoms with Crippen molar-refractivity contribution in [2.75, 3.05) is 21.2 Å². The fourth-order valence-electron chi connectivity index (χ4n) is 2.34. The summed E-state index contributed by atoms with van der Waals surface area (Å²) < 4.78 is 18.3. The minimum atomic E-state index is -0.207. The average Bonchev–Trinajstić information content (AvgIpc) is 2.50. The zero-order chi connectivity index (χ0) is 15.9. The first kappa shape index (κ1) is 16.5. The molecule has 0 aliphatic rings. The molecule has 0 bridgehead atoms. The molecule has 0 radical (unpaired) electrons. The zero-order valence-corrected chi connectivity index (χ0v) is 13.4. The molecular formula is C18H23FN2O. The van der Waals surface area contributed by atoms with Crippen LogP contribution in [-0.2, 0) is 19.6 Å². The van der Waals surface area contributed by atoms with E-state index in [-0.39, 0.29) is 5.82 Å². The van der Waals surface area contributed by atoms with Crippen LogP contribution in [0, 0.1) is 5.82 Å². The van der Waals surface area contributed by atoms with Gasteiger partial charge in [-0.25, -0.2) is 4.39 Å². The van der Waals surface area contributed by atoms with Gasteiger partial charge in [0.2, 0.25) is 0 Å². The quantitative estimate of drug-likeness (QED) is 0.850. The molecule has 2 aromatic carbocycles. The molecule has 22 heavy (non-hydrogen) atoms. The van der Waals surface area contributed by atoms with E-state index in [1.54, 1.807) is 19.2 Å². The van der Waals surface area contributed by atoms with E-state index in [1.165, 1.54) is 17.7 Å². The molecule has 0 atom stereocenters. The molecule has 0 aliphatic carbocycles. The molecule has 4 heteroatoms. The Morgan fingerprint density at radius 3 is 2.32 bits per heavy atom. The molecule has 0 saturated carbocycles. The SMILES string of the molecule is COc1cc(CN(C)C)ccc1CNCc1ccc(F)cc1. The van der Waals surface area contributed by atoms with E-state index in [4.69, 9.17) is 4.74 Å². The Kier molecular flexibility index (Phi) is 5.92. The second kappa shape index (κ2) is 7.92. The van der Waals surface area contributed by atoms with Crippen molar-refractivity contribution in [1.29, 1.82) is 0 Å². The van der Waals surface area contributed by atoms with Crippen LogP contribution >= 0.6 is 0 Å². The number of hydrogen-bond acceptors (Lipinski definition) is 3. The van der Waals surface area contributed by atoms with Crippen LogP contribution < -0.4 is 10.1 Å². The zero-order valence-electron chi connectivity index (χ0n) is 13.4. The number of halogens is 1. The predicted octanol–water partition coefficient (Wildman–Crippen LogP) is 3.19. The van der Waals surface area contributed by atoms with Crippen molar-refractivity contribution in [3.8, 4) is 5.75 Å². The van der Waals surface area contributed by atoms with Gasteiger partial charge in [-0.1, -0.05) is 24.3 Å². The van der Waals surface area contributed by atoms with Gasteiger partial charge >= 0.3 is 0 Å². The van der Waals surface area contributed by atoms with E-state index in [2.05, 4.69) is 28.4 Å². The van der Waals surface area contributed by atoms with Crippen molar-refractivity contribution in [3.05, 3.63) is 65.0 Å². The van der Waals surface area contributed by atoms with Crippen LogP contribution in [0.3, 0.4) is 0 Å². The third-order valence-corrected chi connectivity index (χ3v) is 3.41. The van der Waals surface area contributed by atoms with Crippen LogP contribution in [0.5, 0.6) is 5.75 Å². The van der Waals surface area contributed by atoms with Gasteiger partial charge in [-0.2, -0.15) is 0 Å². The number of methoxy groups -OCH3 is 1. The lowest BCUT2D eigenvalue weighted by Gasteiger charge is -2.14.